The van der Waals surface area contributed by atoms with Crippen molar-refractivity contribution in [2.75, 3.05) is 13.1 Å². The quantitative estimate of drug-likeness (QED) is 0.881. The molecule has 0 atom stereocenters. The van der Waals surface area contributed by atoms with Crippen LogP contribution >= 0.6 is 12.4 Å². The molecule has 0 bridgehead atoms. The third kappa shape index (κ3) is 4.55. The van der Waals surface area contributed by atoms with E-state index in [0.717, 1.165) is 11.1 Å². The molecule has 1 saturated heterocycles. The highest BCUT2D eigenvalue weighted by atomic mass is 35.5. The molecule has 0 aromatic heterocycles. The third-order valence-corrected chi connectivity index (χ3v) is 3.56. The lowest BCUT2D eigenvalue weighted by atomic mass is 10.0. The van der Waals surface area contributed by atoms with Gasteiger partial charge in [0.2, 0.25) is 0 Å². The van der Waals surface area contributed by atoms with E-state index in [1.165, 1.54) is 12.1 Å². The summed E-state index contributed by atoms with van der Waals surface area (Å²) in [6.45, 7) is 3.16. The average Bonchev–Trinajstić information content (AvgIpc) is 2.42. The Labute approximate surface area is 144 Å². The van der Waals surface area contributed by atoms with E-state index in [-0.39, 0.29) is 30.0 Å². The summed E-state index contributed by atoms with van der Waals surface area (Å²) in [6, 6.07) is 12.2. The van der Waals surface area contributed by atoms with Gasteiger partial charge in [0.25, 0.3) is 0 Å². The van der Waals surface area contributed by atoms with E-state index >= 15 is 0 Å². The summed E-state index contributed by atoms with van der Waals surface area (Å²) in [4.78, 5) is 0. The fourth-order valence-electron chi connectivity index (χ4n) is 2.34. The number of aryl methyl sites for hydroxylation is 1. The fourth-order valence-corrected chi connectivity index (χ4v) is 2.34. The standard InChI is InChI=1S/C17H16F3NO2.ClH/c1-11-3-2-4-12(7-11)13-5-6-15(22-14-9-21-10-14)16(8-13)23-17(18,19)20;/h2-8,14,21H,9-10H2,1H3;1H. The van der Waals surface area contributed by atoms with Crippen molar-refractivity contribution in [2.45, 2.75) is 19.4 Å². The van der Waals surface area contributed by atoms with Crippen molar-refractivity contribution < 1.29 is 22.6 Å². The van der Waals surface area contributed by atoms with Crippen LogP contribution in [0.4, 0.5) is 13.2 Å². The maximum atomic E-state index is 12.7. The van der Waals surface area contributed by atoms with Crippen molar-refractivity contribution in [3.8, 4) is 22.6 Å². The molecule has 0 spiro atoms. The van der Waals surface area contributed by atoms with Crippen molar-refractivity contribution in [1.82, 2.24) is 5.32 Å². The maximum absolute atomic E-state index is 12.7. The lowest BCUT2D eigenvalue weighted by Crippen LogP contribution is -2.50. The van der Waals surface area contributed by atoms with Gasteiger partial charge in [-0.05, 0) is 30.2 Å². The van der Waals surface area contributed by atoms with Gasteiger partial charge in [-0.15, -0.1) is 25.6 Å². The molecular weight excluding hydrogens is 343 g/mol. The number of alkyl halides is 3. The zero-order valence-corrected chi connectivity index (χ0v) is 13.7. The molecule has 1 aliphatic rings. The van der Waals surface area contributed by atoms with E-state index < -0.39 is 6.36 Å². The summed E-state index contributed by atoms with van der Waals surface area (Å²) in [5.74, 6) is -0.214. The van der Waals surface area contributed by atoms with Crippen LogP contribution in [0, 0.1) is 6.92 Å². The lowest BCUT2D eigenvalue weighted by molar-refractivity contribution is -0.275. The van der Waals surface area contributed by atoms with Gasteiger partial charge >= 0.3 is 6.36 Å². The van der Waals surface area contributed by atoms with E-state index in [1.807, 2.05) is 31.2 Å². The Morgan fingerprint density at radius 1 is 1.00 bits per heavy atom. The van der Waals surface area contributed by atoms with Crippen molar-refractivity contribution in [3.05, 3.63) is 48.0 Å². The topological polar surface area (TPSA) is 30.5 Å². The van der Waals surface area contributed by atoms with Crippen LogP contribution in [0.15, 0.2) is 42.5 Å². The Morgan fingerprint density at radius 2 is 1.71 bits per heavy atom. The molecule has 7 heteroatoms. The molecule has 0 radical (unpaired) electrons. The molecule has 2 aromatic rings. The Bertz CT molecular complexity index is 702. The van der Waals surface area contributed by atoms with Gasteiger partial charge in [0.1, 0.15) is 6.10 Å². The molecule has 0 saturated carbocycles. The van der Waals surface area contributed by atoms with Gasteiger partial charge < -0.3 is 14.8 Å². The van der Waals surface area contributed by atoms with Gasteiger partial charge in [0.05, 0.1) is 0 Å². The highest BCUT2D eigenvalue weighted by Crippen LogP contribution is 2.37. The second-order valence-electron chi connectivity index (χ2n) is 5.48. The Hall–Kier alpha value is -1.92. The summed E-state index contributed by atoms with van der Waals surface area (Å²) >= 11 is 0. The molecule has 1 heterocycles. The van der Waals surface area contributed by atoms with Crippen molar-refractivity contribution in [2.24, 2.45) is 0 Å². The monoisotopic (exact) mass is 359 g/mol. The van der Waals surface area contributed by atoms with Crippen LogP contribution in [0.25, 0.3) is 11.1 Å². The predicted octanol–water partition coefficient (Wildman–Crippen LogP) is 4.33. The van der Waals surface area contributed by atoms with Crippen LogP contribution in [0.2, 0.25) is 0 Å². The molecule has 3 nitrogen and oxygen atoms in total. The van der Waals surface area contributed by atoms with Crippen molar-refractivity contribution >= 4 is 12.4 Å². The van der Waals surface area contributed by atoms with Crippen molar-refractivity contribution in [1.29, 1.82) is 0 Å². The smallest absolute Gasteiger partial charge is 0.484 e. The highest BCUT2D eigenvalue weighted by molar-refractivity contribution is 5.85. The Kier molecular flexibility index (Phi) is 5.62. The summed E-state index contributed by atoms with van der Waals surface area (Å²) in [6.07, 6.45) is -4.89. The molecule has 24 heavy (non-hydrogen) atoms. The number of ether oxygens (including phenoxy) is 2. The van der Waals surface area contributed by atoms with E-state index in [1.54, 1.807) is 6.07 Å². The first kappa shape index (κ1) is 18.4. The molecule has 2 aromatic carbocycles. The van der Waals surface area contributed by atoms with E-state index in [9.17, 15) is 13.2 Å². The van der Waals surface area contributed by atoms with E-state index in [2.05, 4.69) is 10.1 Å². The number of hydrogen-bond acceptors (Lipinski definition) is 3. The first-order valence-corrected chi connectivity index (χ1v) is 7.25. The lowest BCUT2D eigenvalue weighted by Gasteiger charge is -2.28. The second-order valence-corrected chi connectivity index (χ2v) is 5.48. The van der Waals surface area contributed by atoms with Crippen LogP contribution in [0.1, 0.15) is 5.56 Å². The van der Waals surface area contributed by atoms with Crippen LogP contribution in [0.5, 0.6) is 11.5 Å². The van der Waals surface area contributed by atoms with Crippen LogP contribution < -0.4 is 14.8 Å². The summed E-state index contributed by atoms with van der Waals surface area (Å²) in [5, 5.41) is 3.00. The van der Waals surface area contributed by atoms with Crippen molar-refractivity contribution in [3.63, 3.8) is 0 Å². The fraction of sp³-hybridized carbons (Fsp3) is 0.294. The number of hydrogen-bond donors (Lipinski definition) is 1. The van der Waals surface area contributed by atoms with Crippen LogP contribution in [-0.4, -0.2) is 25.6 Å². The first-order chi connectivity index (χ1) is 10.9. The Balaban J connectivity index is 0.00000208. The van der Waals surface area contributed by atoms with Gasteiger partial charge in [-0.25, -0.2) is 0 Å². The second kappa shape index (κ2) is 7.32. The molecular formula is C17H17ClF3NO2. The largest absolute Gasteiger partial charge is 0.573 e. The number of nitrogens with one attached hydrogen (secondary N) is 1. The number of benzene rings is 2. The van der Waals surface area contributed by atoms with Crippen LogP contribution in [-0.2, 0) is 0 Å². The molecule has 1 N–H and O–H groups in total. The number of rotatable bonds is 4. The van der Waals surface area contributed by atoms with Crippen LogP contribution in [0.3, 0.4) is 0 Å². The summed E-state index contributed by atoms with van der Waals surface area (Å²) in [5.41, 5.74) is 2.50. The normalized spacial score (nSPS) is 14.5. The van der Waals surface area contributed by atoms with E-state index in [0.29, 0.717) is 18.7 Å². The minimum atomic E-state index is -4.76. The molecule has 130 valence electrons. The summed E-state index contributed by atoms with van der Waals surface area (Å²) < 4.78 is 47.7. The Morgan fingerprint density at radius 3 is 2.29 bits per heavy atom. The minimum absolute atomic E-state index is 0. The minimum Gasteiger partial charge on any atom is -0.484 e. The molecule has 0 amide bonds. The average molecular weight is 360 g/mol. The molecule has 1 aliphatic heterocycles. The summed E-state index contributed by atoms with van der Waals surface area (Å²) in [7, 11) is 0. The van der Waals surface area contributed by atoms with E-state index in [4.69, 9.17) is 4.74 Å². The molecule has 3 rings (SSSR count). The van der Waals surface area contributed by atoms with Gasteiger partial charge in [-0.3, -0.25) is 0 Å². The number of halogens is 4. The van der Waals surface area contributed by atoms with Gasteiger partial charge in [0, 0.05) is 13.1 Å². The predicted molar refractivity (Wildman–Crippen MR) is 87.8 cm³/mol. The van der Waals surface area contributed by atoms with Gasteiger partial charge in [-0.1, -0.05) is 35.9 Å². The van der Waals surface area contributed by atoms with Gasteiger partial charge in [0.15, 0.2) is 11.5 Å². The molecule has 0 unspecified atom stereocenters. The third-order valence-electron chi connectivity index (χ3n) is 3.56. The zero-order valence-electron chi connectivity index (χ0n) is 12.9. The zero-order chi connectivity index (χ0) is 16.4. The first-order valence-electron chi connectivity index (χ1n) is 7.25. The maximum Gasteiger partial charge on any atom is 0.573 e. The molecule has 1 fully saturated rings. The molecule has 0 aliphatic carbocycles. The SMILES string of the molecule is Cc1cccc(-c2ccc(OC3CNC3)c(OC(F)(F)F)c2)c1.Cl. The van der Waals surface area contributed by atoms with Gasteiger partial charge in [-0.2, -0.15) is 0 Å². The highest BCUT2D eigenvalue weighted by Gasteiger charge is 2.33.